The second kappa shape index (κ2) is 8.52. The summed E-state index contributed by atoms with van der Waals surface area (Å²) in [6.45, 7) is 9.25. The largest absolute Gasteiger partial charge is 0.460 e. The Balaban J connectivity index is 1.75. The standard InChI is InChI=1S/C23H35F3N2O4/c1-14(2)27-13-18(29)28(12-15-6-8-17(9-7-15)23(24,25)26)22(20(27)31)10-16(11-22)19(30)32-21(3,4)5/h14-17H,6-13H2,1-5H3. The minimum Gasteiger partial charge on any atom is -0.460 e. The van der Waals surface area contributed by atoms with Crippen LogP contribution in [0.3, 0.4) is 0 Å². The number of carbonyl (C=O) groups is 3. The molecule has 1 saturated heterocycles. The number of hydrogen-bond acceptors (Lipinski definition) is 4. The predicted molar refractivity (Wildman–Crippen MR) is 111 cm³/mol. The summed E-state index contributed by atoms with van der Waals surface area (Å²) in [5.41, 5.74) is -1.74. The number of ether oxygens (including phenoxy) is 1. The van der Waals surface area contributed by atoms with Gasteiger partial charge in [-0.25, -0.2) is 0 Å². The summed E-state index contributed by atoms with van der Waals surface area (Å²) in [6.07, 6.45) is -2.93. The molecule has 0 unspecified atom stereocenters. The first kappa shape index (κ1) is 24.8. The van der Waals surface area contributed by atoms with Crippen molar-refractivity contribution in [2.45, 2.75) is 96.5 Å². The zero-order valence-corrected chi connectivity index (χ0v) is 19.6. The maximum atomic E-state index is 13.4. The lowest BCUT2D eigenvalue weighted by Gasteiger charge is -2.57. The summed E-state index contributed by atoms with van der Waals surface area (Å²) in [7, 11) is 0. The van der Waals surface area contributed by atoms with Gasteiger partial charge in [-0.05, 0) is 79.1 Å². The fourth-order valence-electron chi connectivity index (χ4n) is 5.25. The van der Waals surface area contributed by atoms with Crippen molar-refractivity contribution < 1.29 is 32.3 Å². The average Bonchev–Trinajstić information content (AvgIpc) is 2.61. The van der Waals surface area contributed by atoms with Crippen molar-refractivity contribution in [2.75, 3.05) is 13.1 Å². The molecule has 182 valence electrons. The van der Waals surface area contributed by atoms with E-state index < -0.39 is 29.2 Å². The highest BCUT2D eigenvalue weighted by atomic mass is 19.4. The number of esters is 1. The van der Waals surface area contributed by atoms with E-state index in [9.17, 15) is 27.6 Å². The maximum absolute atomic E-state index is 13.4. The van der Waals surface area contributed by atoms with Gasteiger partial charge in [0, 0.05) is 12.6 Å². The van der Waals surface area contributed by atoms with Gasteiger partial charge < -0.3 is 14.5 Å². The third-order valence-corrected chi connectivity index (χ3v) is 7.06. The Kier molecular flexibility index (Phi) is 6.61. The van der Waals surface area contributed by atoms with Crippen molar-refractivity contribution in [3.63, 3.8) is 0 Å². The summed E-state index contributed by atoms with van der Waals surface area (Å²) < 4.78 is 44.5. The van der Waals surface area contributed by atoms with Gasteiger partial charge in [0.25, 0.3) is 0 Å². The Hall–Kier alpha value is -1.80. The quantitative estimate of drug-likeness (QED) is 0.597. The predicted octanol–water partition coefficient (Wildman–Crippen LogP) is 3.92. The molecule has 0 aromatic carbocycles. The van der Waals surface area contributed by atoms with Crippen molar-refractivity contribution in [2.24, 2.45) is 17.8 Å². The topological polar surface area (TPSA) is 66.9 Å². The number of amides is 2. The van der Waals surface area contributed by atoms with Gasteiger partial charge in [0.2, 0.25) is 11.8 Å². The highest BCUT2D eigenvalue weighted by Gasteiger charge is 2.62. The van der Waals surface area contributed by atoms with Crippen LogP contribution in [-0.4, -0.2) is 64.0 Å². The van der Waals surface area contributed by atoms with Crippen molar-refractivity contribution in [3.8, 4) is 0 Å². The van der Waals surface area contributed by atoms with E-state index in [1.54, 1.807) is 30.6 Å². The first-order chi connectivity index (χ1) is 14.6. The highest BCUT2D eigenvalue weighted by molar-refractivity contribution is 6.00. The minimum absolute atomic E-state index is 0.0345. The van der Waals surface area contributed by atoms with Crippen molar-refractivity contribution >= 4 is 17.8 Å². The second-order valence-electron chi connectivity index (χ2n) is 11.0. The molecule has 2 amide bonds. The van der Waals surface area contributed by atoms with Gasteiger partial charge in [-0.3, -0.25) is 14.4 Å². The van der Waals surface area contributed by atoms with Gasteiger partial charge in [-0.15, -0.1) is 0 Å². The van der Waals surface area contributed by atoms with E-state index in [2.05, 4.69) is 0 Å². The van der Waals surface area contributed by atoms with Crippen LogP contribution in [0, 0.1) is 17.8 Å². The summed E-state index contributed by atoms with van der Waals surface area (Å²) in [5.74, 6) is -2.58. The molecule has 0 N–H and O–H groups in total. The van der Waals surface area contributed by atoms with E-state index >= 15 is 0 Å². The third kappa shape index (κ3) is 4.91. The van der Waals surface area contributed by atoms with E-state index in [4.69, 9.17) is 4.74 Å². The molecule has 32 heavy (non-hydrogen) atoms. The number of rotatable bonds is 4. The molecule has 0 bridgehead atoms. The van der Waals surface area contributed by atoms with Crippen LogP contribution in [0.4, 0.5) is 13.2 Å². The molecule has 2 aliphatic carbocycles. The number of hydrogen-bond donors (Lipinski definition) is 0. The third-order valence-electron chi connectivity index (χ3n) is 7.06. The Morgan fingerprint density at radius 3 is 2.12 bits per heavy atom. The monoisotopic (exact) mass is 460 g/mol. The Labute approximate surface area is 187 Å². The van der Waals surface area contributed by atoms with Gasteiger partial charge in [0.1, 0.15) is 17.7 Å². The van der Waals surface area contributed by atoms with E-state index in [0.29, 0.717) is 12.8 Å². The SMILES string of the molecule is CC(C)N1CC(=O)N(CC2CCC(C(F)(F)F)CC2)C2(CC(C(=O)OC(C)(C)C)C2)C1=O. The molecular formula is C23H35F3N2O4. The van der Waals surface area contributed by atoms with Gasteiger partial charge in [0.15, 0.2) is 0 Å². The maximum Gasteiger partial charge on any atom is 0.391 e. The smallest absolute Gasteiger partial charge is 0.391 e. The van der Waals surface area contributed by atoms with Crippen LogP contribution in [0.2, 0.25) is 0 Å². The van der Waals surface area contributed by atoms with Crippen LogP contribution in [0.1, 0.15) is 73.1 Å². The minimum atomic E-state index is -4.19. The molecule has 0 aromatic rings. The van der Waals surface area contributed by atoms with Gasteiger partial charge in [-0.1, -0.05) is 0 Å². The van der Waals surface area contributed by atoms with Crippen molar-refractivity contribution in [3.05, 3.63) is 0 Å². The molecule has 1 heterocycles. The van der Waals surface area contributed by atoms with E-state index in [0.717, 1.165) is 0 Å². The highest BCUT2D eigenvalue weighted by Crippen LogP contribution is 2.48. The molecule has 6 nitrogen and oxygen atoms in total. The molecule has 3 rings (SSSR count). The lowest BCUT2D eigenvalue weighted by atomic mass is 9.64. The molecule has 0 atom stereocenters. The van der Waals surface area contributed by atoms with Crippen LogP contribution < -0.4 is 0 Å². The van der Waals surface area contributed by atoms with Gasteiger partial charge in [0.05, 0.1) is 11.8 Å². The molecule has 9 heteroatoms. The Morgan fingerprint density at radius 1 is 1.09 bits per heavy atom. The van der Waals surface area contributed by atoms with E-state index in [1.807, 2.05) is 13.8 Å². The zero-order valence-electron chi connectivity index (χ0n) is 19.6. The van der Waals surface area contributed by atoms with E-state index in [1.165, 1.54) is 0 Å². The summed E-state index contributed by atoms with van der Waals surface area (Å²) in [6, 6.07) is -0.159. The van der Waals surface area contributed by atoms with Crippen LogP contribution in [0.15, 0.2) is 0 Å². The first-order valence-corrected chi connectivity index (χ1v) is 11.5. The van der Waals surface area contributed by atoms with Crippen LogP contribution in [-0.2, 0) is 19.1 Å². The first-order valence-electron chi connectivity index (χ1n) is 11.5. The number of alkyl halides is 3. The molecule has 3 aliphatic rings. The summed E-state index contributed by atoms with van der Waals surface area (Å²) in [5, 5.41) is 0. The molecule has 0 aromatic heterocycles. The van der Waals surface area contributed by atoms with E-state index in [-0.39, 0.29) is 68.5 Å². The summed E-state index contributed by atoms with van der Waals surface area (Å²) in [4.78, 5) is 42.2. The lowest BCUT2D eigenvalue weighted by molar-refractivity contribution is -0.191. The molecule has 1 spiro atoms. The Bertz CT molecular complexity index is 745. The van der Waals surface area contributed by atoms with Crippen molar-refractivity contribution in [1.29, 1.82) is 0 Å². The summed E-state index contributed by atoms with van der Waals surface area (Å²) >= 11 is 0. The fourth-order valence-corrected chi connectivity index (χ4v) is 5.25. The second-order valence-corrected chi connectivity index (χ2v) is 11.0. The molecule has 1 aliphatic heterocycles. The number of piperazine rings is 1. The molecule has 3 fully saturated rings. The van der Waals surface area contributed by atoms with Crippen molar-refractivity contribution in [1.82, 2.24) is 9.80 Å². The molecule has 0 radical (unpaired) electrons. The molecular weight excluding hydrogens is 425 g/mol. The molecule has 2 saturated carbocycles. The normalized spacial score (nSPS) is 31.8. The van der Waals surface area contributed by atoms with Crippen LogP contribution in [0.5, 0.6) is 0 Å². The lowest BCUT2D eigenvalue weighted by Crippen LogP contribution is -2.74. The van der Waals surface area contributed by atoms with Crippen LogP contribution >= 0.6 is 0 Å². The van der Waals surface area contributed by atoms with Crippen LogP contribution in [0.25, 0.3) is 0 Å². The van der Waals surface area contributed by atoms with Gasteiger partial charge >= 0.3 is 12.1 Å². The number of carbonyl (C=O) groups excluding carboxylic acids is 3. The number of halogens is 3. The fraction of sp³-hybridized carbons (Fsp3) is 0.870. The Morgan fingerprint density at radius 2 is 1.66 bits per heavy atom. The number of nitrogens with zero attached hydrogens (tertiary/aromatic N) is 2. The van der Waals surface area contributed by atoms with Gasteiger partial charge in [-0.2, -0.15) is 13.2 Å². The average molecular weight is 461 g/mol. The zero-order chi connectivity index (χ0) is 24.1.